The van der Waals surface area contributed by atoms with Gasteiger partial charge in [-0.3, -0.25) is 9.89 Å². The Morgan fingerprint density at radius 3 is 2.68 bits per heavy atom. The van der Waals surface area contributed by atoms with Crippen molar-refractivity contribution in [2.24, 2.45) is 4.99 Å². The van der Waals surface area contributed by atoms with E-state index >= 15 is 0 Å². The Hall–Kier alpha value is -2.34. The molecule has 2 heterocycles. The molecule has 1 atom stereocenters. The van der Waals surface area contributed by atoms with Crippen molar-refractivity contribution in [3.05, 3.63) is 59.8 Å². The second-order valence-electron chi connectivity index (χ2n) is 7.87. The van der Waals surface area contributed by atoms with Crippen molar-refractivity contribution in [2.75, 3.05) is 33.2 Å². The molecule has 150 valence electrons. The number of halogens is 1. The third-order valence-electron chi connectivity index (χ3n) is 6.02. The van der Waals surface area contributed by atoms with E-state index in [2.05, 4.69) is 20.5 Å². The minimum Gasteiger partial charge on any atom is -0.468 e. The standard InChI is InChI=1S/C22H29FN4O/c1-24-21(26-16-22(9-10-22)17-6-4-7-18(23)14-17)25-15-19(20-8-5-13-28-20)27-11-2-3-12-27/h4-8,13-14,19H,2-3,9-12,15-16H2,1H3,(H2,24,25,26). The van der Waals surface area contributed by atoms with Crippen LogP contribution in [0.1, 0.15) is 43.0 Å². The number of guanidine groups is 1. The molecule has 2 fully saturated rings. The van der Waals surface area contributed by atoms with E-state index in [0.717, 1.165) is 56.3 Å². The number of benzene rings is 1. The van der Waals surface area contributed by atoms with Crippen LogP contribution in [0.4, 0.5) is 4.39 Å². The zero-order chi connectivity index (χ0) is 19.4. The van der Waals surface area contributed by atoms with Gasteiger partial charge in [0.2, 0.25) is 0 Å². The quantitative estimate of drug-likeness (QED) is 0.567. The van der Waals surface area contributed by atoms with Gasteiger partial charge in [-0.2, -0.15) is 0 Å². The molecule has 2 aromatic rings. The van der Waals surface area contributed by atoms with Crippen molar-refractivity contribution in [3.63, 3.8) is 0 Å². The highest BCUT2D eigenvalue weighted by Gasteiger charge is 2.44. The van der Waals surface area contributed by atoms with Gasteiger partial charge in [0.1, 0.15) is 11.6 Å². The maximum absolute atomic E-state index is 13.6. The SMILES string of the molecule is CN=C(NCC(c1ccco1)N1CCCC1)NCC1(c2cccc(F)c2)CC1. The summed E-state index contributed by atoms with van der Waals surface area (Å²) in [5.74, 6) is 1.60. The molecule has 1 aliphatic heterocycles. The van der Waals surface area contributed by atoms with Crippen molar-refractivity contribution in [3.8, 4) is 0 Å². The van der Waals surface area contributed by atoms with Crippen LogP contribution in [0.5, 0.6) is 0 Å². The van der Waals surface area contributed by atoms with Crippen molar-refractivity contribution < 1.29 is 8.81 Å². The van der Waals surface area contributed by atoms with E-state index in [1.807, 2.05) is 18.2 Å². The van der Waals surface area contributed by atoms with Gasteiger partial charge in [0.05, 0.1) is 12.3 Å². The number of furan rings is 1. The first-order chi connectivity index (χ1) is 13.7. The summed E-state index contributed by atoms with van der Waals surface area (Å²) in [6.45, 7) is 3.69. The molecule has 2 aliphatic rings. The Morgan fingerprint density at radius 1 is 1.21 bits per heavy atom. The van der Waals surface area contributed by atoms with Crippen LogP contribution < -0.4 is 10.6 Å². The minimum atomic E-state index is -0.168. The summed E-state index contributed by atoms with van der Waals surface area (Å²) in [4.78, 5) is 6.85. The van der Waals surface area contributed by atoms with E-state index < -0.39 is 0 Å². The predicted octanol–water partition coefficient (Wildman–Crippen LogP) is 3.45. The Labute approximate surface area is 166 Å². The highest BCUT2D eigenvalue weighted by molar-refractivity contribution is 5.79. The topological polar surface area (TPSA) is 52.8 Å². The van der Waals surface area contributed by atoms with Gasteiger partial charge in [0, 0.05) is 25.6 Å². The summed E-state index contributed by atoms with van der Waals surface area (Å²) in [5, 5.41) is 6.91. The summed E-state index contributed by atoms with van der Waals surface area (Å²) >= 11 is 0. The molecule has 1 saturated carbocycles. The summed E-state index contributed by atoms with van der Waals surface area (Å²) in [7, 11) is 1.79. The summed E-state index contributed by atoms with van der Waals surface area (Å²) in [6.07, 6.45) is 6.36. The summed E-state index contributed by atoms with van der Waals surface area (Å²) in [5.41, 5.74) is 1.09. The van der Waals surface area contributed by atoms with E-state index in [1.165, 1.54) is 18.9 Å². The number of nitrogens with one attached hydrogen (secondary N) is 2. The number of hydrogen-bond donors (Lipinski definition) is 2. The van der Waals surface area contributed by atoms with Crippen molar-refractivity contribution in [1.29, 1.82) is 0 Å². The van der Waals surface area contributed by atoms with E-state index in [4.69, 9.17) is 4.42 Å². The first kappa shape index (κ1) is 19.0. The largest absolute Gasteiger partial charge is 0.468 e. The van der Waals surface area contributed by atoms with Crippen LogP contribution in [-0.4, -0.2) is 44.1 Å². The molecule has 0 amide bonds. The summed E-state index contributed by atoms with van der Waals surface area (Å²) < 4.78 is 19.3. The lowest BCUT2D eigenvalue weighted by atomic mass is 9.96. The highest BCUT2D eigenvalue weighted by Crippen LogP contribution is 2.47. The molecule has 2 N–H and O–H groups in total. The van der Waals surface area contributed by atoms with Crippen molar-refractivity contribution in [1.82, 2.24) is 15.5 Å². The van der Waals surface area contributed by atoms with Gasteiger partial charge < -0.3 is 15.1 Å². The lowest BCUT2D eigenvalue weighted by Gasteiger charge is -2.27. The maximum atomic E-state index is 13.6. The van der Waals surface area contributed by atoms with Crippen LogP contribution in [0, 0.1) is 5.82 Å². The minimum absolute atomic E-state index is 0.0229. The normalized spacial score (nSPS) is 20.1. The molecule has 4 rings (SSSR count). The van der Waals surface area contributed by atoms with Crippen LogP contribution >= 0.6 is 0 Å². The van der Waals surface area contributed by atoms with E-state index in [0.29, 0.717) is 0 Å². The van der Waals surface area contributed by atoms with Crippen LogP contribution in [0.25, 0.3) is 0 Å². The van der Waals surface area contributed by atoms with Crippen molar-refractivity contribution in [2.45, 2.75) is 37.1 Å². The fourth-order valence-corrected chi connectivity index (χ4v) is 4.15. The van der Waals surface area contributed by atoms with Gasteiger partial charge in [-0.25, -0.2) is 4.39 Å². The predicted molar refractivity (Wildman–Crippen MR) is 109 cm³/mol. The van der Waals surface area contributed by atoms with Crippen LogP contribution in [0.3, 0.4) is 0 Å². The molecular formula is C22H29FN4O. The van der Waals surface area contributed by atoms with Crippen LogP contribution in [-0.2, 0) is 5.41 Å². The zero-order valence-corrected chi connectivity index (χ0v) is 16.5. The molecule has 0 bridgehead atoms. The molecule has 6 heteroatoms. The lowest BCUT2D eigenvalue weighted by Crippen LogP contribution is -2.44. The number of aliphatic imine (C=N–C) groups is 1. The van der Waals surface area contributed by atoms with E-state index in [-0.39, 0.29) is 17.3 Å². The monoisotopic (exact) mass is 384 g/mol. The molecule has 5 nitrogen and oxygen atoms in total. The van der Waals surface area contributed by atoms with Crippen LogP contribution in [0.2, 0.25) is 0 Å². The molecule has 1 saturated heterocycles. The van der Waals surface area contributed by atoms with E-state index in [9.17, 15) is 4.39 Å². The van der Waals surface area contributed by atoms with Gasteiger partial charge in [-0.15, -0.1) is 0 Å². The van der Waals surface area contributed by atoms with Gasteiger partial charge in [0.25, 0.3) is 0 Å². The highest BCUT2D eigenvalue weighted by atomic mass is 19.1. The molecule has 0 radical (unpaired) electrons. The summed E-state index contributed by atoms with van der Waals surface area (Å²) in [6, 6.07) is 11.2. The Kier molecular flexibility index (Phi) is 5.67. The van der Waals surface area contributed by atoms with Gasteiger partial charge in [-0.1, -0.05) is 12.1 Å². The fraction of sp³-hybridized carbons (Fsp3) is 0.500. The van der Waals surface area contributed by atoms with Gasteiger partial charge in [0.15, 0.2) is 5.96 Å². The maximum Gasteiger partial charge on any atom is 0.191 e. The molecular weight excluding hydrogens is 355 g/mol. The average molecular weight is 384 g/mol. The van der Waals surface area contributed by atoms with Gasteiger partial charge in [-0.05, 0) is 68.6 Å². The molecule has 1 aliphatic carbocycles. The molecule has 0 spiro atoms. The Bertz CT molecular complexity index is 795. The van der Waals surface area contributed by atoms with Crippen LogP contribution in [0.15, 0.2) is 52.1 Å². The second-order valence-corrected chi connectivity index (χ2v) is 7.87. The first-order valence-corrected chi connectivity index (χ1v) is 10.2. The number of nitrogens with zero attached hydrogens (tertiary/aromatic N) is 2. The molecule has 28 heavy (non-hydrogen) atoms. The van der Waals surface area contributed by atoms with Gasteiger partial charge >= 0.3 is 0 Å². The number of rotatable bonds is 7. The van der Waals surface area contributed by atoms with Crippen molar-refractivity contribution >= 4 is 5.96 Å². The third kappa shape index (κ3) is 4.22. The van der Waals surface area contributed by atoms with E-state index in [1.54, 1.807) is 25.4 Å². The number of hydrogen-bond acceptors (Lipinski definition) is 3. The molecule has 1 aromatic heterocycles. The fourth-order valence-electron chi connectivity index (χ4n) is 4.15. The second kappa shape index (κ2) is 8.35. The lowest BCUT2D eigenvalue weighted by molar-refractivity contribution is 0.215. The molecule has 1 unspecified atom stereocenters. The Balaban J connectivity index is 1.35. The third-order valence-corrected chi connectivity index (χ3v) is 6.02. The average Bonchev–Trinajstić information content (AvgIpc) is 3.11. The molecule has 1 aromatic carbocycles. The number of likely N-dealkylation sites (tertiary alicyclic amines) is 1. The zero-order valence-electron chi connectivity index (χ0n) is 16.5. The first-order valence-electron chi connectivity index (χ1n) is 10.2. The Morgan fingerprint density at radius 2 is 2.04 bits per heavy atom. The smallest absolute Gasteiger partial charge is 0.191 e.